The molecule has 1 fully saturated rings. The van der Waals surface area contributed by atoms with Gasteiger partial charge < -0.3 is 15.1 Å². The molecule has 1 N–H and O–H groups in total. The van der Waals surface area contributed by atoms with Crippen molar-refractivity contribution in [3.63, 3.8) is 0 Å². The standard InChI is InChI=1S/C22H32FN7O/c1-13-10-28(7)21(3,4)12-29(13)20(31)30-11-15-16(22(30,5)6)8-25-18(15)27-19-17(23)9-24-14(2)26-19/h9,13H,8,10-12H2,1-7H3,(H,24,25,26,27)/t13-/m0/s1. The first-order chi connectivity index (χ1) is 14.4. The van der Waals surface area contributed by atoms with E-state index >= 15 is 0 Å². The predicted molar refractivity (Wildman–Crippen MR) is 119 cm³/mol. The summed E-state index contributed by atoms with van der Waals surface area (Å²) >= 11 is 0. The number of urea groups is 1. The smallest absolute Gasteiger partial charge is 0.321 e. The van der Waals surface area contributed by atoms with E-state index in [9.17, 15) is 9.18 Å². The lowest BCUT2D eigenvalue weighted by Crippen LogP contribution is -2.65. The first-order valence-corrected chi connectivity index (χ1v) is 10.7. The van der Waals surface area contributed by atoms with Gasteiger partial charge in [0.1, 0.15) is 11.7 Å². The zero-order valence-electron chi connectivity index (χ0n) is 19.5. The molecule has 1 aromatic heterocycles. The molecule has 168 valence electrons. The third kappa shape index (κ3) is 3.58. The van der Waals surface area contributed by atoms with Gasteiger partial charge in [0.05, 0.1) is 24.8 Å². The third-order valence-corrected chi connectivity index (χ3v) is 7.01. The molecule has 1 saturated heterocycles. The fraction of sp³-hybridized carbons (Fsp3) is 0.636. The Morgan fingerprint density at radius 3 is 2.71 bits per heavy atom. The maximum atomic E-state index is 14.2. The highest BCUT2D eigenvalue weighted by Gasteiger charge is 2.48. The fourth-order valence-electron chi connectivity index (χ4n) is 4.67. The highest BCUT2D eigenvalue weighted by Crippen LogP contribution is 2.39. The number of halogens is 1. The SMILES string of the molecule is Cc1ncc(F)c(NC2=NCC3=C2CN(C(=O)N2CC(C)(C)N(C)C[C@@H]2C)C3(C)C)n1. The van der Waals surface area contributed by atoms with E-state index in [4.69, 9.17) is 0 Å². The lowest BCUT2D eigenvalue weighted by Gasteiger charge is -2.50. The van der Waals surface area contributed by atoms with Crippen molar-refractivity contribution in [2.75, 3.05) is 38.5 Å². The summed E-state index contributed by atoms with van der Waals surface area (Å²) < 4.78 is 14.2. The van der Waals surface area contributed by atoms with Crippen LogP contribution >= 0.6 is 0 Å². The van der Waals surface area contributed by atoms with E-state index < -0.39 is 11.4 Å². The Morgan fingerprint density at radius 2 is 2.00 bits per heavy atom. The largest absolute Gasteiger partial charge is 0.322 e. The third-order valence-electron chi connectivity index (χ3n) is 7.01. The van der Waals surface area contributed by atoms with Gasteiger partial charge in [0, 0.05) is 30.2 Å². The van der Waals surface area contributed by atoms with Gasteiger partial charge in [0.25, 0.3) is 0 Å². The van der Waals surface area contributed by atoms with Gasteiger partial charge >= 0.3 is 6.03 Å². The van der Waals surface area contributed by atoms with Gasteiger partial charge in [-0.15, -0.1) is 0 Å². The minimum Gasteiger partial charge on any atom is -0.322 e. The Morgan fingerprint density at radius 1 is 1.29 bits per heavy atom. The molecule has 3 aliphatic heterocycles. The van der Waals surface area contributed by atoms with Gasteiger partial charge in [0.2, 0.25) is 0 Å². The Balaban J connectivity index is 1.56. The molecule has 1 aromatic rings. The molecule has 2 amide bonds. The minimum absolute atomic E-state index is 0.0384. The van der Waals surface area contributed by atoms with E-state index in [-0.39, 0.29) is 23.4 Å². The van der Waals surface area contributed by atoms with Crippen LogP contribution in [-0.4, -0.2) is 86.9 Å². The topological polar surface area (TPSA) is 77.0 Å². The van der Waals surface area contributed by atoms with E-state index in [1.807, 2.05) is 9.80 Å². The molecule has 0 aromatic carbocycles. The van der Waals surface area contributed by atoms with Crippen LogP contribution in [0.5, 0.6) is 0 Å². The molecule has 4 heterocycles. The molecule has 31 heavy (non-hydrogen) atoms. The number of aryl methyl sites for hydroxylation is 1. The average molecular weight is 430 g/mol. The number of carbonyl (C=O) groups excluding carboxylic acids is 1. The highest BCUT2D eigenvalue weighted by atomic mass is 19.1. The molecular weight excluding hydrogens is 397 g/mol. The molecule has 4 rings (SSSR count). The number of rotatable bonds is 1. The molecule has 0 saturated carbocycles. The molecule has 0 bridgehead atoms. The van der Waals surface area contributed by atoms with E-state index in [1.54, 1.807) is 6.92 Å². The van der Waals surface area contributed by atoms with Crippen LogP contribution in [0, 0.1) is 12.7 Å². The number of nitrogens with one attached hydrogen (secondary N) is 1. The normalized spacial score (nSPS) is 25.0. The molecule has 0 aliphatic carbocycles. The summed E-state index contributed by atoms with van der Waals surface area (Å²) in [6.45, 7) is 14.7. The van der Waals surface area contributed by atoms with Crippen molar-refractivity contribution in [1.29, 1.82) is 0 Å². The molecule has 1 atom stereocenters. The molecule has 9 heteroatoms. The minimum atomic E-state index is -0.527. The fourth-order valence-corrected chi connectivity index (χ4v) is 4.67. The lowest BCUT2D eigenvalue weighted by atomic mass is 9.93. The Labute approximate surface area is 183 Å². The van der Waals surface area contributed by atoms with Crippen molar-refractivity contribution in [1.82, 2.24) is 24.7 Å². The van der Waals surface area contributed by atoms with Crippen LogP contribution in [0.4, 0.5) is 15.0 Å². The average Bonchev–Trinajstić information content (AvgIpc) is 3.19. The number of piperazine rings is 1. The van der Waals surface area contributed by atoms with Crippen LogP contribution in [0.25, 0.3) is 0 Å². The van der Waals surface area contributed by atoms with Crippen LogP contribution in [0.2, 0.25) is 0 Å². The summed E-state index contributed by atoms with van der Waals surface area (Å²) in [5.74, 6) is 0.645. The zero-order valence-corrected chi connectivity index (χ0v) is 19.5. The Hall–Kier alpha value is -2.55. The molecular formula is C22H32FN7O. The van der Waals surface area contributed by atoms with Gasteiger partial charge in [-0.3, -0.25) is 9.89 Å². The second kappa shape index (κ2) is 7.25. The predicted octanol–water partition coefficient (Wildman–Crippen LogP) is 2.67. The molecule has 3 aliphatic rings. The number of likely N-dealkylation sites (N-methyl/N-ethyl adjacent to an activating group) is 1. The number of carbonyl (C=O) groups is 1. The number of amides is 2. The van der Waals surface area contributed by atoms with Crippen molar-refractivity contribution in [2.24, 2.45) is 4.99 Å². The van der Waals surface area contributed by atoms with Crippen LogP contribution in [0.3, 0.4) is 0 Å². The van der Waals surface area contributed by atoms with Crippen LogP contribution in [-0.2, 0) is 0 Å². The molecule has 0 unspecified atom stereocenters. The van der Waals surface area contributed by atoms with Crippen molar-refractivity contribution in [2.45, 2.75) is 58.7 Å². The van der Waals surface area contributed by atoms with Gasteiger partial charge in [-0.1, -0.05) is 0 Å². The summed E-state index contributed by atoms with van der Waals surface area (Å²) in [4.78, 5) is 32.5. The Bertz CT molecular complexity index is 984. The number of nitrogens with zero attached hydrogens (tertiary/aromatic N) is 6. The van der Waals surface area contributed by atoms with Crippen molar-refractivity contribution in [3.8, 4) is 0 Å². The van der Waals surface area contributed by atoms with E-state index in [2.05, 4.69) is 66.8 Å². The van der Waals surface area contributed by atoms with Crippen molar-refractivity contribution < 1.29 is 9.18 Å². The van der Waals surface area contributed by atoms with Gasteiger partial charge in [0.15, 0.2) is 11.6 Å². The summed E-state index contributed by atoms with van der Waals surface area (Å²) in [5.41, 5.74) is 1.50. The first-order valence-electron chi connectivity index (χ1n) is 10.7. The first kappa shape index (κ1) is 21.7. The van der Waals surface area contributed by atoms with Crippen molar-refractivity contribution in [3.05, 3.63) is 29.0 Å². The van der Waals surface area contributed by atoms with Crippen LogP contribution in [0.1, 0.15) is 40.4 Å². The van der Waals surface area contributed by atoms with Crippen molar-refractivity contribution >= 4 is 17.7 Å². The summed E-state index contributed by atoms with van der Waals surface area (Å²) in [7, 11) is 2.11. The number of anilines is 1. The highest BCUT2D eigenvalue weighted by molar-refractivity contribution is 6.11. The number of aromatic nitrogens is 2. The van der Waals surface area contributed by atoms with Gasteiger partial charge in [-0.05, 0) is 54.2 Å². The van der Waals surface area contributed by atoms with E-state index in [0.717, 1.165) is 23.9 Å². The maximum absolute atomic E-state index is 14.2. The number of amidine groups is 1. The van der Waals surface area contributed by atoms with E-state index in [1.165, 1.54) is 0 Å². The number of hydrogen-bond donors (Lipinski definition) is 1. The zero-order chi connectivity index (χ0) is 22.7. The molecule has 0 spiro atoms. The Kier molecular flexibility index (Phi) is 5.07. The molecule has 8 nitrogen and oxygen atoms in total. The summed E-state index contributed by atoms with van der Waals surface area (Å²) in [6, 6.07) is 0.164. The van der Waals surface area contributed by atoms with E-state index in [0.29, 0.717) is 31.3 Å². The second-order valence-corrected chi connectivity index (χ2v) is 9.96. The van der Waals surface area contributed by atoms with Gasteiger partial charge in [-0.2, -0.15) is 0 Å². The monoisotopic (exact) mass is 429 g/mol. The quantitative estimate of drug-likeness (QED) is 0.743. The number of aliphatic imine (C=N–C) groups is 1. The second-order valence-electron chi connectivity index (χ2n) is 9.96. The maximum Gasteiger partial charge on any atom is 0.321 e. The van der Waals surface area contributed by atoms with Gasteiger partial charge in [-0.25, -0.2) is 19.2 Å². The number of hydrogen-bond acceptors (Lipinski definition) is 6. The molecule has 0 radical (unpaired) electrons. The summed E-state index contributed by atoms with van der Waals surface area (Å²) in [5, 5.41) is 3.03. The lowest BCUT2D eigenvalue weighted by molar-refractivity contribution is 0.0119. The van der Waals surface area contributed by atoms with Crippen LogP contribution in [0.15, 0.2) is 22.3 Å². The van der Waals surface area contributed by atoms with Crippen LogP contribution < -0.4 is 5.32 Å². The summed E-state index contributed by atoms with van der Waals surface area (Å²) in [6.07, 6.45) is 1.15.